The van der Waals surface area contributed by atoms with Crippen molar-refractivity contribution in [3.63, 3.8) is 0 Å². The van der Waals surface area contributed by atoms with Crippen molar-refractivity contribution in [1.82, 2.24) is 0 Å². The van der Waals surface area contributed by atoms with Gasteiger partial charge in [0.05, 0.1) is 0 Å². The fourth-order valence-corrected chi connectivity index (χ4v) is 2.72. The second-order valence-electron chi connectivity index (χ2n) is 6.75. The number of hydrogen-bond acceptors (Lipinski definition) is 0. The van der Waals surface area contributed by atoms with Crippen LogP contribution in [0.15, 0.2) is 12.1 Å². The topological polar surface area (TPSA) is 0 Å². The Hall–Kier alpha value is -0.920. The van der Waals surface area contributed by atoms with Gasteiger partial charge in [-0.25, -0.2) is 8.78 Å². The van der Waals surface area contributed by atoms with Crippen molar-refractivity contribution in [2.75, 3.05) is 0 Å². The summed E-state index contributed by atoms with van der Waals surface area (Å²) in [6.07, 6.45) is 1.98. The van der Waals surface area contributed by atoms with E-state index in [2.05, 4.69) is 20.8 Å². The Morgan fingerprint density at radius 1 is 1.05 bits per heavy atom. The van der Waals surface area contributed by atoms with Crippen molar-refractivity contribution in [2.45, 2.75) is 65.7 Å². The van der Waals surface area contributed by atoms with Gasteiger partial charge in [0.1, 0.15) is 11.6 Å². The van der Waals surface area contributed by atoms with Gasteiger partial charge in [-0.1, -0.05) is 48.0 Å². The van der Waals surface area contributed by atoms with E-state index in [0.29, 0.717) is 5.92 Å². The largest absolute Gasteiger partial charge is 0.207 e. The van der Waals surface area contributed by atoms with E-state index in [9.17, 15) is 8.78 Å². The molecule has 0 aromatic heterocycles. The fourth-order valence-electron chi connectivity index (χ4n) is 2.72. The first-order valence-corrected chi connectivity index (χ1v) is 7.17. The molecule has 2 heteroatoms. The van der Waals surface area contributed by atoms with E-state index < -0.39 is 17.0 Å². The van der Waals surface area contributed by atoms with E-state index in [1.807, 2.05) is 20.8 Å². The average Bonchev–Trinajstić information content (AvgIpc) is 2.21. The van der Waals surface area contributed by atoms with Crippen molar-refractivity contribution in [1.29, 1.82) is 0 Å². The zero-order valence-corrected chi connectivity index (χ0v) is 13.0. The monoisotopic (exact) mass is 268 g/mol. The molecule has 19 heavy (non-hydrogen) atoms. The molecule has 0 N–H and O–H groups in total. The Morgan fingerprint density at radius 2 is 1.53 bits per heavy atom. The molecule has 0 spiro atoms. The maximum atomic E-state index is 14.2. The molecule has 0 aliphatic heterocycles. The lowest BCUT2D eigenvalue weighted by molar-refractivity contribution is 0.444. The smallest absolute Gasteiger partial charge is 0.130 e. The van der Waals surface area contributed by atoms with Gasteiger partial charge in [0.2, 0.25) is 0 Å². The van der Waals surface area contributed by atoms with Crippen LogP contribution in [0.3, 0.4) is 0 Å². The molecular formula is C17H26F2. The summed E-state index contributed by atoms with van der Waals surface area (Å²) in [7, 11) is 0. The van der Waals surface area contributed by atoms with E-state index in [0.717, 1.165) is 18.4 Å². The quantitative estimate of drug-likeness (QED) is 0.647. The maximum absolute atomic E-state index is 14.2. The van der Waals surface area contributed by atoms with Crippen molar-refractivity contribution < 1.29 is 8.78 Å². The molecule has 1 aromatic rings. The predicted molar refractivity (Wildman–Crippen MR) is 77.5 cm³/mol. The van der Waals surface area contributed by atoms with Crippen molar-refractivity contribution >= 4 is 0 Å². The van der Waals surface area contributed by atoms with Crippen LogP contribution in [0, 0.1) is 17.6 Å². The van der Waals surface area contributed by atoms with Gasteiger partial charge in [0.15, 0.2) is 0 Å². The highest BCUT2D eigenvalue weighted by Gasteiger charge is 2.25. The molecule has 108 valence electrons. The zero-order valence-electron chi connectivity index (χ0n) is 13.0. The second-order valence-corrected chi connectivity index (χ2v) is 6.75. The van der Waals surface area contributed by atoms with Crippen LogP contribution in [0.1, 0.15) is 71.4 Å². The lowest BCUT2D eigenvalue weighted by Crippen LogP contribution is -2.18. The average molecular weight is 268 g/mol. The Labute approximate surface area is 116 Å². The molecule has 0 heterocycles. The van der Waals surface area contributed by atoms with Gasteiger partial charge in [0.25, 0.3) is 0 Å². The Kier molecular flexibility index (Phi) is 5.11. The van der Waals surface area contributed by atoms with Gasteiger partial charge in [-0.05, 0) is 41.4 Å². The molecule has 1 unspecified atom stereocenters. The SMILES string of the molecule is CCCC(c1cc(F)c(C(C)(C)C)c(F)c1)C(C)C. The highest BCUT2D eigenvalue weighted by Crippen LogP contribution is 2.34. The third-order valence-electron chi connectivity index (χ3n) is 3.65. The van der Waals surface area contributed by atoms with E-state index in [1.54, 1.807) is 0 Å². The molecule has 0 amide bonds. The van der Waals surface area contributed by atoms with Gasteiger partial charge in [-0.15, -0.1) is 0 Å². The lowest BCUT2D eigenvalue weighted by Gasteiger charge is -2.25. The van der Waals surface area contributed by atoms with Crippen LogP contribution < -0.4 is 0 Å². The van der Waals surface area contributed by atoms with Gasteiger partial charge in [0, 0.05) is 5.56 Å². The summed E-state index contributed by atoms with van der Waals surface area (Å²) in [6.45, 7) is 11.8. The standard InChI is InChI=1S/C17H26F2/c1-7-8-13(11(2)3)12-9-14(18)16(15(19)10-12)17(4,5)6/h9-11,13H,7-8H2,1-6H3. The summed E-state index contributed by atoms with van der Waals surface area (Å²) in [5.41, 5.74) is 0.472. The second kappa shape index (κ2) is 6.02. The molecule has 0 fully saturated rings. The summed E-state index contributed by atoms with van der Waals surface area (Å²) in [5, 5.41) is 0. The minimum atomic E-state index is -0.509. The summed E-state index contributed by atoms with van der Waals surface area (Å²) >= 11 is 0. The third-order valence-corrected chi connectivity index (χ3v) is 3.65. The molecule has 1 rings (SSSR count). The number of benzene rings is 1. The molecule has 1 atom stereocenters. The Morgan fingerprint density at radius 3 is 1.84 bits per heavy atom. The summed E-state index contributed by atoms with van der Waals surface area (Å²) in [5.74, 6) is -0.212. The van der Waals surface area contributed by atoms with E-state index in [1.165, 1.54) is 12.1 Å². The van der Waals surface area contributed by atoms with Gasteiger partial charge >= 0.3 is 0 Å². The van der Waals surface area contributed by atoms with Crippen molar-refractivity contribution in [3.05, 3.63) is 34.9 Å². The van der Waals surface area contributed by atoms with Crippen molar-refractivity contribution in [2.24, 2.45) is 5.92 Å². The van der Waals surface area contributed by atoms with Crippen LogP contribution in [0.5, 0.6) is 0 Å². The van der Waals surface area contributed by atoms with Crippen LogP contribution in [-0.4, -0.2) is 0 Å². The van der Waals surface area contributed by atoms with E-state index in [-0.39, 0.29) is 11.5 Å². The third kappa shape index (κ3) is 3.77. The van der Waals surface area contributed by atoms with Crippen LogP contribution in [0.4, 0.5) is 8.78 Å². The highest BCUT2D eigenvalue weighted by atomic mass is 19.1. The molecule has 0 aliphatic carbocycles. The van der Waals surface area contributed by atoms with Crippen molar-refractivity contribution in [3.8, 4) is 0 Å². The Bertz CT molecular complexity index is 404. The van der Waals surface area contributed by atoms with Crippen LogP contribution in [0.2, 0.25) is 0 Å². The fraction of sp³-hybridized carbons (Fsp3) is 0.647. The molecule has 1 aromatic carbocycles. The molecule has 0 radical (unpaired) electrons. The maximum Gasteiger partial charge on any atom is 0.130 e. The van der Waals surface area contributed by atoms with Gasteiger partial charge in [-0.3, -0.25) is 0 Å². The minimum Gasteiger partial charge on any atom is -0.207 e. The normalized spacial score (nSPS) is 13.9. The highest BCUT2D eigenvalue weighted by molar-refractivity contribution is 5.33. The zero-order chi connectivity index (χ0) is 14.8. The molecule has 0 saturated heterocycles. The molecule has 0 aliphatic rings. The molecular weight excluding hydrogens is 242 g/mol. The summed E-state index contributed by atoms with van der Waals surface area (Å²) in [4.78, 5) is 0. The van der Waals surface area contributed by atoms with Crippen LogP contribution in [0.25, 0.3) is 0 Å². The van der Waals surface area contributed by atoms with Crippen LogP contribution in [-0.2, 0) is 5.41 Å². The minimum absolute atomic E-state index is 0.190. The first kappa shape index (κ1) is 16.1. The predicted octanol–water partition coefficient (Wildman–Crippen LogP) is 5.80. The van der Waals surface area contributed by atoms with Gasteiger partial charge in [-0.2, -0.15) is 0 Å². The number of hydrogen-bond donors (Lipinski definition) is 0. The molecule has 0 bridgehead atoms. The lowest BCUT2D eigenvalue weighted by atomic mass is 9.81. The van der Waals surface area contributed by atoms with E-state index in [4.69, 9.17) is 0 Å². The van der Waals surface area contributed by atoms with E-state index >= 15 is 0 Å². The number of rotatable bonds is 4. The Balaban J connectivity index is 3.27. The number of halogens is 2. The first-order chi connectivity index (χ1) is 8.68. The molecule has 0 saturated carbocycles. The first-order valence-electron chi connectivity index (χ1n) is 7.17. The van der Waals surface area contributed by atoms with Crippen LogP contribution >= 0.6 is 0 Å². The van der Waals surface area contributed by atoms with Gasteiger partial charge < -0.3 is 0 Å². The summed E-state index contributed by atoms with van der Waals surface area (Å²) < 4.78 is 28.5. The summed E-state index contributed by atoms with van der Waals surface area (Å²) in [6, 6.07) is 3.06. The molecule has 0 nitrogen and oxygen atoms in total.